The first-order valence-electron chi connectivity index (χ1n) is 1.06. The van der Waals surface area contributed by atoms with Crippen LogP contribution in [0.1, 0.15) is 0 Å². The van der Waals surface area contributed by atoms with Crippen molar-refractivity contribution < 1.29 is 31.6 Å². The van der Waals surface area contributed by atoms with Gasteiger partial charge in [-0.15, -0.1) is 0 Å². The van der Waals surface area contributed by atoms with E-state index in [1.807, 2.05) is 0 Å². The molecule has 0 fully saturated rings. The first-order chi connectivity index (χ1) is 3.15. The zero-order valence-corrected chi connectivity index (χ0v) is 4.45. The Morgan fingerprint density at radius 3 is 1.38 bits per heavy atom. The Balaban J connectivity index is -0.0000000575. The van der Waals surface area contributed by atoms with Gasteiger partial charge in [-0.05, 0) is 0 Å². The molecule has 8 heavy (non-hydrogen) atoms. The molecule has 0 aliphatic rings. The second-order valence-electron chi connectivity index (χ2n) is 0.339. The summed E-state index contributed by atoms with van der Waals surface area (Å²) in [6, 6.07) is 0. The fourth-order valence-electron chi connectivity index (χ4n) is 0. The third-order valence-electron chi connectivity index (χ3n) is 0. The number of hydrogen-bond donors (Lipinski definition) is 2. The van der Waals surface area contributed by atoms with Crippen molar-refractivity contribution in [1.82, 2.24) is 0 Å². The number of rotatable bonds is 0. The zero-order valence-electron chi connectivity index (χ0n) is 3.46. The van der Waals surface area contributed by atoms with Crippen LogP contribution in [0.5, 0.6) is 0 Å². The van der Waals surface area contributed by atoms with Gasteiger partial charge in [0.25, 0.3) is 0 Å². The van der Waals surface area contributed by atoms with Gasteiger partial charge in [0.1, 0.15) is 0 Å². The molecule has 0 saturated carbocycles. The second kappa shape index (κ2) is 15.9. The van der Waals surface area contributed by atoms with Gasteiger partial charge < -0.3 is 25.4 Å². The van der Waals surface area contributed by atoms with E-state index < -0.39 is 5.09 Å². The summed E-state index contributed by atoms with van der Waals surface area (Å²) in [4.78, 5) is 8.25. The van der Waals surface area contributed by atoms with Gasteiger partial charge in [0.2, 0.25) is 0 Å². The van der Waals surface area contributed by atoms with Gasteiger partial charge >= 0.3 is 7.69 Å². The van der Waals surface area contributed by atoms with E-state index in [1.165, 1.54) is 0 Å². The van der Waals surface area contributed by atoms with Crippen molar-refractivity contribution in [1.29, 1.82) is 0 Å². The van der Waals surface area contributed by atoms with Crippen LogP contribution in [0.2, 0.25) is 0 Å². The molecule has 0 amide bonds. The van der Waals surface area contributed by atoms with Crippen LogP contribution in [0, 0.1) is 15.3 Å². The van der Waals surface area contributed by atoms with Gasteiger partial charge in [0.15, 0.2) is 0 Å². The van der Waals surface area contributed by atoms with Gasteiger partial charge in [0.05, 0.1) is 5.09 Å². The molecule has 0 bridgehead atoms. The summed E-state index contributed by atoms with van der Waals surface area (Å²) in [6.07, 6.45) is 0. The third kappa shape index (κ3) is 1200. The standard InChI is InChI=1S/BH2O2.NO3.Ni/c2-1-3;2-1(3)4;/h2-3H;;/q;-1;. The largest absolute Gasteiger partial charge is 0.482 e. The maximum Gasteiger partial charge on any atom is 0.482 e. The van der Waals surface area contributed by atoms with Crippen LogP contribution in [-0.2, 0) is 16.5 Å². The molecular weight excluding hydrogens is 164 g/mol. The second-order valence-corrected chi connectivity index (χ2v) is 0.339. The Kier molecular flexibility index (Phi) is 31.1. The average molecular weight is 166 g/mol. The van der Waals surface area contributed by atoms with Crippen molar-refractivity contribution in [3.8, 4) is 0 Å². The first kappa shape index (κ1) is 15.6. The SMILES string of the molecule is O=[N+]([O-])[O-].O[B]O.[Ni]. The van der Waals surface area contributed by atoms with Crippen molar-refractivity contribution in [2.75, 3.05) is 0 Å². The molecule has 0 saturated heterocycles. The Bertz CT molecular complexity index is 43.7. The molecule has 0 aromatic carbocycles. The molecule has 0 aliphatic carbocycles. The zero-order chi connectivity index (χ0) is 6.28. The minimum Gasteiger partial charge on any atom is -0.429 e. The van der Waals surface area contributed by atoms with Crippen molar-refractivity contribution in [2.45, 2.75) is 0 Å². The molecule has 0 heterocycles. The van der Waals surface area contributed by atoms with Crippen molar-refractivity contribution in [2.24, 2.45) is 0 Å². The maximum absolute atomic E-state index is 8.25. The van der Waals surface area contributed by atoms with E-state index in [1.54, 1.807) is 0 Å². The van der Waals surface area contributed by atoms with Crippen molar-refractivity contribution in [3.63, 3.8) is 0 Å². The smallest absolute Gasteiger partial charge is 0.429 e. The molecule has 0 rings (SSSR count). The van der Waals surface area contributed by atoms with Crippen LogP contribution >= 0.6 is 0 Å². The molecule has 8 heteroatoms. The van der Waals surface area contributed by atoms with Crippen LogP contribution < -0.4 is 0 Å². The molecule has 1 radical (unpaired) electrons. The molecule has 0 spiro atoms. The van der Waals surface area contributed by atoms with E-state index in [2.05, 4.69) is 0 Å². The molecule has 0 unspecified atom stereocenters. The average Bonchev–Trinajstić information content (AvgIpc) is 1.33. The van der Waals surface area contributed by atoms with E-state index in [-0.39, 0.29) is 24.2 Å². The van der Waals surface area contributed by atoms with E-state index in [4.69, 9.17) is 25.4 Å². The van der Waals surface area contributed by atoms with Crippen LogP contribution in [0.15, 0.2) is 0 Å². The molecule has 0 atom stereocenters. The predicted octanol–water partition coefficient (Wildman–Crippen LogP) is -1.74. The maximum atomic E-state index is 8.25. The Morgan fingerprint density at radius 2 is 1.38 bits per heavy atom. The van der Waals surface area contributed by atoms with Crippen LogP contribution in [0.4, 0.5) is 0 Å². The first-order valence-corrected chi connectivity index (χ1v) is 1.06. The molecule has 0 aromatic rings. The Labute approximate surface area is 55.5 Å². The quantitative estimate of drug-likeness (QED) is 0.252. The Morgan fingerprint density at radius 1 is 1.38 bits per heavy atom. The molecule has 2 N–H and O–H groups in total. The minimum absolute atomic E-state index is 0. The molecule has 0 aromatic heterocycles. The van der Waals surface area contributed by atoms with Gasteiger partial charge in [0, 0.05) is 16.5 Å². The third-order valence-corrected chi connectivity index (χ3v) is 0. The molecule has 51 valence electrons. The summed E-state index contributed by atoms with van der Waals surface area (Å²) in [6.45, 7) is 0. The van der Waals surface area contributed by atoms with Crippen LogP contribution in [0.3, 0.4) is 0 Å². The van der Waals surface area contributed by atoms with Crippen molar-refractivity contribution in [3.05, 3.63) is 15.3 Å². The summed E-state index contributed by atoms with van der Waals surface area (Å²) in [5.41, 5.74) is 0. The number of hydrogen-bond acceptors (Lipinski definition) is 5. The minimum atomic E-state index is -1.75. The fourth-order valence-corrected chi connectivity index (χ4v) is 0. The van der Waals surface area contributed by atoms with Crippen LogP contribution in [-0.4, -0.2) is 22.8 Å². The fraction of sp³-hybridized carbons (Fsp3) is 0. The summed E-state index contributed by atoms with van der Waals surface area (Å²) in [5, 5.41) is 28.8. The topological polar surface area (TPSA) is 107 Å². The van der Waals surface area contributed by atoms with E-state index in [9.17, 15) is 0 Å². The summed E-state index contributed by atoms with van der Waals surface area (Å²) in [5.74, 6) is 0. The molecule has 0 aliphatic heterocycles. The molecule has 6 nitrogen and oxygen atoms in total. The monoisotopic (exact) mass is 165 g/mol. The van der Waals surface area contributed by atoms with E-state index in [0.717, 1.165) is 0 Å². The Hall–Kier alpha value is -0.322. The van der Waals surface area contributed by atoms with Gasteiger partial charge in [-0.3, -0.25) is 0 Å². The molecular formula is H2BNNiO5-. The van der Waals surface area contributed by atoms with Gasteiger partial charge in [-0.1, -0.05) is 0 Å². The van der Waals surface area contributed by atoms with Crippen LogP contribution in [0.25, 0.3) is 0 Å². The normalized spacial score (nSPS) is 4.75. The van der Waals surface area contributed by atoms with Gasteiger partial charge in [-0.25, -0.2) is 0 Å². The van der Waals surface area contributed by atoms with Gasteiger partial charge in [-0.2, -0.15) is 0 Å². The number of nitrogens with zero attached hydrogens (tertiary/aromatic N) is 1. The predicted molar refractivity (Wildman–Crippen MR) is 20.6 cm³/mol. The van der Waals surface area contributed by atoms with Crippen molar-refractivity contribution >= 4 is 7.69 Å². The van der Waals surface area contributed by atoms with E-state index in [0.29, 0.717) is 0 Å². The summed E-state index contributed by atoms with van der Waals surface area (Å²) < 4.78 is 0. The summed E-state index contributed by atoms with van der Waals surface area (Å²) in [7, 11) is 0. The van der Waals surface area contributed by atoms with E-state index >= 15 is 0 Å². The summed E-state index contributed by atoms with van der Waals surface area (Å²) >= 11 is 0.